The summed E-state index contributed by atoms with van der Waals surface area (Å²) in [5.41, 5.74) is 7.88. The summed E-state index contributed by atoms with van der Waals surface area (Å²) in [6, 6.07) is 2.84. The smallest absolute Gasteiger partial charge is 0.472 e. The summed E-state index contributed by atoms with van der Waals surface area (Å²) in [5.74, 6) is 2.06. The zero-order valence-electron chi connectivity index (χ0n) is 38.7. The number of unbranched alkanes of at least 4 members (excludes halogenated alkanes) is 18. The summed E-state index contributed by atoms with van der Waals surface area (Å²) in [7, 11) is -4.74. The van der Waals surface area contributed by atoms with Crippen molar-refractivity contribution in [2.45, 2.75) is 220 Å². The Morgan fingerprint density at radius 3 is 1.52 bits per heavy atom. The van der Waals surface area contributed by atoms with Crippen molar-refractivity contribution in [1.29, 1.82) is 0 Å². The molecule has 62 heavy (non-hydrogen) atoms. The first-order valence-electron chi connectivity index (χ1n) is 23.9. The fourth-order valence-corrected chi connectivity index (χ4v) is 8.16. The highest BCUT2D eigenvalue weighted by molar-refractivity contribution is 7.47. The second-order valence-electron chi connectivity index (χ2n) is 17.0. The largest absolute Gasteiger partial charge is 0.480 e. The van der Waals surface area contributed by atoms with Crippen LogP contribution in [0.4, 0.5) is 0 Å². The van der Waals surface area contributed by atoms with Crippen LogP contribution in [0.25, 0.3) is 0 Å². The molecule has 14 heteroatoms. The summed E-state index contributed by atoms with van der Waals surface area (Å²) < 4.78 is 44.9. The van der Waals surface area contributed by atoms with Crippen LogP contribution < -0.4 is 5.73 Å². The number of furan rings is 2. The highest BCUT2D eigenvalue weighted by Gasteiger charge is 2.28. The summed E-state index contributed by atoms with van der Waals surface area (Å²) in [6.45, 7) is 6.92. The van der Waals surface area contributed by atoms with E-state index in [0.717, 1.165) is 126 Å². The average Bonchev–Trinajstić information content (AvgIpc) is 3.78. The SMILES string of the molecule is CCCCCc1cc(C)c(CCCCCCCCCCCCC(=O)OC(COC(=O)CCCCCCCCCCc2oc(CCC)cc2C)COP(=O)(O)OCC(N)C(=O)O)o1. The minimum atomic E-state index is -4.74. The van der Waals surface area contributed by atoms with E-state index >= 15 is 0 Å². The van der Waals surface area contributed by atoms with E-state index in [-0.39, 0.29) is 19.4 Å². The van der Waals surface area contributed by atoms with Crippen molar-refractivity contribution < 1.29 is 56.3 Å². The zero-order chi connectivity index (χ0) is 45.4. The summed E-state index contributed by atoms with van der Waals surface area (Å²) in [4.78, 5) is 46.2. The Kier molecular flexibility index (Phi) is 29.8. The first-order valence-corrected chi connectivity index (χ1v) is 25.4. The lowest BCUT2D eigenvalue weighted by Crippen LogP contribution is -2.34. The Bertz CT molecular complexity index is 1550. The van der Waals surface area contributed by atoms with Crippen molar-refractivity contribution in [3.05, 3.63) is 46.3 Å². The summed E-state index contributed by atoms with van der Waals surface area (Å²) in [6.07, 6.45) is 26.9. The number of esters is 2. The van der Waals surface area contributed by atoms with E-state index < -0.39 is 51.1 Å². The van der Waals surface area contributed by atoms with E-state index in [2.05, 4.69) is 44.4 Å². The van der Waals surface area contributed by atoms with E-state index in [4.69, 9.17) is 33.7 Å². The molecule has 2 heterocycles. The Morgan fingerprint density at radius 1 is 0.597 bits per heavy atom. The molecule has 4 N–H and O–H groups in total. The predicted octanol–water partition coefficient (Wildman–Crippen LogP) is 11.8. The first kappa shape index (κ1) is 55.2. The summed E-state index contributed by atoms with van der Waals surface area (Å²) >= 11 is 0. The molecule has 0 radical (unpaired) electrons. The molecule has 356 valence electrons. The van der Waals surface area contributed by atoms with Crippen LogP contribution in [0.15, 0.2) is 21.0 Å². The third-order valence-electron chi connectivity index (χ3n) is 11.1. The maximum Gasteiger partial charge on any atom is 0.472 e. The van der Waals surface area contributed by atoms with E-state index in [0.29, 0.717) is 12.8 Å². The van der Waals surface area contributed by atoms with E-state index in [1.165, 1.54) is 62.5 Å². The fraction of sp³-hybridized carbons (Fsp3) is 0.771. The van der Waals surface area contributed by atoms with Crippen LogP contribution in [0.3, 0.4) is 0 Å². The number of carbonyl (C=O) groups excluding carboxylic acids is 2. The van der Waals surface area contributed by atoms with Gasteiger partial charge in [-0.1, -0.05) is 117 Å². The van der Waals surface area contributed by atoms with Crippen molar-refractivity contribution in [1.82, 2.24) is 0 Å². The van der Waals surface area contributed by atoms with Crippen molar-refractivity contribution in [2.24, 2.45) is 5.73 Å². The van der Waals surface area contributed by atoms with Crippen LogP contribution in [0.1, 0.15) is 202 Å². The lowest BCUT2D eigenvalue weighted by atomic mass is 10.0. The Balaban J connectivity index is 1.60. The Hall–Kier alpha value is -2.96. The molecule has 2 aromatic rings. The van der Waals surface area contributed by atoms with Crippen LogP contribution in [-0.4, -0.2) is 59.9 Å². The number of carboxylic acids is 1. The normalized spacial score (nSPS) is 13.5. The van der Waals surface area contributed by atoms with E-state index in [9.17, 15) is 23.8 Å². The van der Waals surface area contributed by atoms with Crippen LogP contribution in [-0.2, 0) is 63.2 Å². The number of aryl methyl sites for hydroxylation is 6. The first-order chi connectivity index (χ1) is 29.8. The van der Waals surface area contributed by atoms with E-state index in [1.807, 2.05) is 0 Å². The molecule has 0 aromatic carbocycles. The minimum absolute atomic E-state index is 0.143. The number of carbonyl (C=O) groups is 3. The maximum atomic E-state index is 12.7. The number of nitrogens with two attached hydrogens (primary N) is 1. The molecular weight excluding hydrogens is 813 g/mol. The van der Waals surface area contributed by atoms with E-state index in [1.54, 1.807) is 0 Å². The van der Waals surface area contributed by atoms with Gasteiger partial charge in [0.2, 0.25) is 0 Å². The highest BCUT2D eigenvalue weighted by atomic mass is 31.2. The average molecular weight is 896 g/mol. The van der Waals surface area contributed by atoms with Gasteiger partial charge in [-0.25, -0.2) is 4.57 Å². The predicted molar refractivity (Wildman–Crippen MR) is 242 cm³/mol. The second kappa shape index (κ2) is 33.5. The standard InChI is InChI=1S/C48H82NO12P/c1-5-7-22-28-41-34-39(4)45(60-41)30-24-18-14-10-8-9-11-17-21-26-32-47(51)61-42(36-57-62(54,55)58-37-43(49)48(52)53)35-56-46(50)31-25-20-16-13-12-15-19-23-29-44-38(3)33-40(59-44)27-6-2/h33-34,42-43H,5-32,35-37,49H2,1-4H3,(H,52,53)(H,54,55). The minimum Gasteiger partial charge on any atom is -0.480 e. The third kappa shape index (κ3) is 26.6. The molecule has 0 fully saturated rings. The van der Waals surface area contributed by atoms with Gasteiger partial charge >= 0.3 is 25.7 Å². The van der Waals surface area contributed by atoms with Crippen LogP contribution >= 0.6 is 7.82 Å². The van der Waals surface area contributed by atoms with Gasteiger partial charge in [-0.3, -0.25) is 23.4 Å². The monoisotopic (exact) mass is 896 g/mol. The van der Waals surface area contributed by atoms with Gasteiger partial charge in [-0.15, -0.1) is 0 Å². The molecule has 0 aliphatic carbocycles. The van der Waals surface area contributed by atoms with Crippen molar-refractivity contribution in [2.75, 3.05) is 19.8 Å². The number of phosphoric acid groups is 1. The number of ether oxygens (including phenoxy) is 2. The molecule has 0 spiro atoms. The van der Waals surface area contributed by atoms with Gasteiger partial charge in [0.05, 0.1) is 13.2 Å². The molecule has 0 amide bonds. The van der Waals surface area contributed by atoms with Crippen molar-refractivity contribution in [3.63, 3.8) is 0 Å². The third-order valence-corrected chi connectivity index (χ3v) is 12.1. The van der Waals surface area contributed by atoms with Gasteiger partial charge in [0, 0.05) is 38.5 Å². The number of hydrogen-bond donors (Lipinski definition) is 3. The zero-order valence-corrected chi connectivity index (χ0v) is 39.6. The van der Waals surface area contributed by atoms with Crippen molar-refractivity contribution >= 4 is 25.7 Å². The lowest BCUT2D eigenvalue weighted by Gasteiger charge is -2.20. The number of hydrogen-bond acceptors (Lipinski definition) is 11. The molecule has 2 aromatic heterocycles. The maximum absolute atomic E-state index is 12.7. The molecule has 0 aliphatic rings. The number of carboxylic acid groups (broad SMARTS) is 1. The summed E-state index contributed by atoms with van der Waals surface area (Å²) in [5, 5.41) is 8.92. The molecule has 2 rings (SSSR count). The Labute approximate surface area is 372 Å². The van der Waals surface area contributed by atoms with Gasteiger partial charge in [-0.2, -0.15) is 0 Å². The Morgan fingerprint density at radius 2 is 1.03 bits per heavy atom. The van der Waals surface area contributed by atoms with Crippen LogP contribution in [0.2, 0.25) is 0 Å². The number of phosphoric ester groups is 1. The van der Waals surface area contributed by atoms with Crippen molar-refractivity contribution in [3.8, 4) is 0 Å². The molecule has 3 unspecified atom stereocenters. The van der Waals surface area contributed by atoms with Gasteiger partial charge in [0.1, 0.15) is 35.7 Å². The van der Waals surface area contributed by atoms with Gasteiger partial charge in [0.15, 0.2) is 6.10 Å². The number of aliphatic carboxylic acids is 1. The molecule has 0 aliphatic heterocycles. The molecule has 0 saturated heterocycles. The van der Waals surface area contributed by atoms with Gasteiger partial charge in [0.25, 0.3) is 0 Å². The van der Waals surface area contributed by atoms with Gasteiger partial charge in [-0.05, 0) is 75.6 Å². The molecule has 0 bridgehead atoms. The van der Waals surface area contributed by atoms with Gasteiger partial charge < -0.3 is 34.0 Å². The molecular formula is C48H82NO12P. The highest BCUT2D eigenvalue weighted by Crippen LogP contribution is 2.43. The van der Waals surface area contributed by atoms with Crippen LogP contribution in [0.5, 0.6) is 0 Å². The quantitative estimate of drug-likeness (QED) is 0.0325. The molecule has 13 nitrogen and oxygen atoms in total. The lowest BCUT2D eigenvalue weighted by molar-refractivity contribution is -0.161. The number of rotatable bonds is 40. The fourth-order valence-electron chi connectivity index (χ4n) is 7.38. The van der Waals surface area contributed by atoms with Crippen LogP contribution in [0, 0.1) is 13.8 Å². The molecule has 0 saturated carbocycles. The second-order valence-corrected chi connectivity index (χ2v) is 18.5. The molecule has 3 atom stereocenters. The topological polar surface area (TPSA) is 198 Å².